The molecule has 0 bridgehead atoms. The van der Waals surface area contributed by atoms with Crippen molar-refractivity contribution >= 4 is 18.3 Å². The van der Waals surface area contributed by atoms with E-state index in [0.29, 0.717) is 25.8 Å². The molecule has 128 valence electrons. The third kappa shape index (κ3) is 3.90. The zero-order valence-corrected chi connectivity index (χ0v) is 14.5. The summed E-state index contributed by atoms with van der Waals surface area (Å²) in [7, 11) is 0. The van der Waals surface area contributed by atoms with Crippen molar-refractivity contribution in [3.8, 4) is 11.5 Å². The van der Waals surface area contributed by atoms with Crippen LogP contribution in [0.4, 0.5) is 0 Å². The van der Waals surface area contributed by atoms with Crippen molar-refractivity contribution < 1.29 is 14.3 Å². The van der Waals surface area contributed by atoms with Crippen molar-refractivity contribution in [3.63, 3.8) is 0 Å². The lowest BCUT2D eigenvalue weighted by Gasteiger charge is -2.27. The fourth-order valence-corrected chi connectivity index (χ4v) is 2.93. The molecule has 0 aliphatic carbocycles. The normalized spacial score (nSPS) is 19.8. The van der Waals surface area contributed by atoms with Crippen LogP contribution in [-0.2, 0) is 10.2 Å². The molecule has 1 fully saturated rings. The third-order valence-electron chi connectivity index (χ3n) is 4.50. The van der Waals surface area contributed by atoms with Gasteiger partial charge in [0.05, 0.1) is 5.41 Å². The van der Waals surface area contributed by atoms with E-state index in [2.05, 4.69) is 10.6 Å². The van der Waals surface area contributed by atoms with Gasteiger partial charge in [-0.1, -0.05) is 6.07 Å². The zero-order chi connectivity index (χ0) is 15.6. The van der Waals surface area contributed by atoms with Crippen LogP contribution in [0.5, 0.6) is 11.5 Å². The van der Waals surface area contributed by atoms with Gasteiger partial charge in [-0.25, -0.2) is 0 Å². The van der Waals surface area contributed by atoms with Crippen LogP contribution in [0.15, 0.2) is 18.2 Å². The van der Waals surface area contributed by atoms with Crippen molar-refractivity contribution in [3.05, 3.63) is 23.8 Å². The van der Waals surface area contributed by atoms with Gasteiger partial charge in [0.2, 0.25) is 5.91 Å². The monoisotopic (exact) mass is 340 g/mol. The summed E-state index contributed by atoms with van der Waals surface area (Å²) >= 11 is 0. The standard InChI is InChI=1S/C17H24N2O3.ClH/c1-17(2,16(20)19-11-13-4-3-7-18-13)12-5-6-14-15(10-12)22-9-8-21-14;/h5-6,10,13,18H,3-4,7-9,11H2,1-2H3,(H,19,20);1H. The predicted octanol–water partition coefficient (Wildman–Crippen LogP) is 2.03. The average molecular weight is 341 g/mol. The van der Waals surface area contributed by atoms with Crippen LogP contribution < -0.4 is 20.1 Å². The zero-order valence-electron chi connectivity index (χ0n) is 13.7. The molecule has 2 heterocycles. The topological polar surface area (TPSA) is 59.6 Å². The SMILES string of the molecule is CC(C)(C(=O)NCC1CCCN1)c1ccc2c(c1)OCCO2.Cl. The lowest BCUT2D eigenvalue weighted by atomic mass is 9.83. The number of fused-ring (bicyclic) bond motifs is 1. The fourth-order valence-electron chi connectivity index (χ4n) is 2.93. The maximum Gasteiger partial charge on any atom is 0.230 e. The predicted molar refractivity (Wildman–Crippen MR) is 91.7 cm³/mol. The van der Waals surface area contributed by atoms with E-state index in [1.807, 2.05) is 32.0 Å². The van der Waals surface area contributed by atoms with Gasteiger partial charge in [0.15, 0.2) is 11.5 Å². The molecule has 2 aliphatic rings. The maximum atomic E-state index is 12.6. The first-order valence-corrected chi connectivity index (χ1v) is 7.99. The third-order valence-corrected chi connectivity index (χ3v) is 4.50. The maximum absolute atomic E-state index is 12.6. The van der Waals surface area contributed by atoms with Gasteiger partial charge in [-0.05, 0) is 50.9 Å². The largest absolute Gasteiger partial charge is 0.486 e. The summed E-state index contributed by atoms with van der Waals surface area (Å²) in [5.41, 5.74) is 0.336. The minimum absolute atomic E-state index is 0. The van der Waals surface area contributed by atoms with Crippen LogP contribution in [0.2, 0.25) is 0 Å². The molecule has 0 saturated carbocycles. The molecule has 1 amide bonds. The molecule has 2 aliphatic heterocycles. The number of carbonyl (C=O) groups is 1. The number of hydrogen-bond acceptors (Lipinski definition) is 4. The Hall–Kier alpha value is -1.46. The number of carbonyl (C=O) groups excluding carboxylic acids is 1. The second-order valence-electron chi connectivity index (χ2n) is 6.49. The van der Waals surface area contributed by atoms with Crippen molar-refractivity contribution in [2.75, 3.05) is 26.3 Å². The molecule has 23 heavy (non-hydrogen) atoms. The van der Waals surface area contributed by atoms with Crippen molar-refractivity contribution in [1.29, 1.82) is 0 Å². The number of amides is 1. The molecule has 1 atom stereocenters. The summed E-state index contributed by atoms with van der Waals surface area (Å²) in [6.45, 7) is 6.74. The molecule has 6 heteroatoms. The van der Waals surface area contributed by atoms with Gasteiger partial charge in [-0.2, -0.15) is 0 Å². The molecule has 0 spiro atoms. The van der Waals surface area contributed by atoms with Gasteiger partial charge in [-0.15, -0.1) is 12.4 Å². The van der Waals surface area contributed by atoms with Crippen LogP contribution in [-0.4, -0.2) is 38.3 Å². The second-order valence-corrected chi connectivity index (χ2v) is 6.49. The van der Waals surface area contributed by atoms with Gasteiger partial charge >= 0.3 is 0 Å². The van der Waals surface area contributed by atoms with E-state index >= 15 is 0 Å². The quantitative estimate of drug-likeness (QED) is 0.880. The molecule has 1 aromatic rings. The van der Waals surface area contributed by atoms with Crippen LogP contribution in [0.1, 0.15) is 32.3 Å². The molecule has 2 N–H and O–H groups in total. The Bertz CT molecular complexity index is 557. The lowest BCUT2D eigenvalue weighted by Crippen LogP contribution is -2.45. The first-order valence-electron chi connectivity index (χ1n) is 7.99. The van der Waals surface area contributed by atoms with E-state index in [-0.39, 0.29) is 18.3 Å². The van der Waals surface area contributed by atoms with E-state index in [0.717, 1.165) is 30.0 Å². The van der Waals surface area contributed by atoms with E-state index in [1.54, 1.807) is 0 Å². The van der Waals surface area contributed by atoms with Crippen molar-refractivity contribution in [2.45, 2.75) is 38.1 Å². The molecule has 3 rings (SSSR count). The van der Waals surface area contributed by atoms with Gasteiger partial charge in [0.1, 0.15) is 13.2 Å². The highest BCUT2D eigenvalue weighted by Gasteiger charge is 2.31. The Morgan fingerprint density at radius 2 is 2.04 bits per heavy atom. The van der Waals surface area contributed by atoms with Gasteiger partial charge in [-0.3, -0.25) is 4.79 Å². The minimum atomic E-state index is -0.603. The van der Waals surface area contributed by atoms with E-state index in [1.165, 1.54) is 6.42 Å². The minimum Gasteiger partial charge on any atom is -0.486 e. The Morgan fingerprint density at radius 3 is 2.74 bits per heavy atom. The number of rotatable bonds is 4. The molecule has 1 unspecified atom stereocenters. The van der Waals surface area contributed by atoms with E-state index in [9.17, 15) is 4.79 Å². The first kappa shape index (κ1) is 17.9. The van der Waals surface area contributed by atoms with Gasteiger partial charge < -0.3 is 20.1 Å². The second kappa shape index (κ2) is 7.41. The fraction of sp³-hybridized carbons (Fsp3) is 0.588. The van der Waals surface area contributed by atoms with Crippen molar-refractivity contribution in [2.24, 2.45) is 0 Å². The van der Waals surface area contributed by atoms with E-state index in [4.69, 9.17) is 9.47 Å². The van der Waals surface area contributed by atoms with Crippen LogP contribution in [0, 0.1) is 0 Å². The van der Waals surface area contributed by atoms with Crippen molar-refractivity contribution in [1.82, 2.24) is 10.6 Å². The van der Waals surface area contributed by atoms with Gasteiger partial charge in [0.25, 0.3) is 0 Å². The average Bonchev–Trinajstić information content (AvgIpc) is 3.05. The molecular formula is C17H25ClN2O3. The summed E-state index contributed by atoms with van der Waals surface area (Å²) in [5.74, 6) is 1.52. The Kier molecular flexibility index (Phi) is 5.76. The molecule has 5 nitrogen and oxygen atoms in total. The Morgan fingerprint density at radius 1 is 1.30 bits per heavy atom. The smallest absolute Gasteiger partial charge is 0.230 e. The molecule has 1 saturated heterocycles. The summed E-state index contributed by atoms with van der Waals surface area (Å²) in [6, 6.07) is 6.15. The molecule has 0 aromatic heterocycles. The summed E-state index contributed by atoms with van der Waals surface area (Å²) in [4.78, 5) is 12.6. The summed E-state index contributed by atoms with van der Waals surface area (Å²) in [6.07, 6.45) is 2.32. The Balaban J connectivity index is 0.00000192. The van der Waals surface area contributed by atoms with Gasteiger partial charge in [0, 0.05) is 12.6 Å². The highest BCUT2D eigenvalue weighted by molar-refractivity contribution is 5.87. The first-order chi connectivity index (χ1) is 10.6. The highest BCUT2D eigenvalue weighted by atomic mass is 35.5. The van der Waals surface area contributed by atoms with E-state index < -0.39 is 5.41 Å². The molecular weight excluding hydrogens is 316 g/mol. The number of nitrogens with one attached hydrogen (secondary N) is 2. The summed E-state index contributed by atoms with van der Waals surface area (Å²) < 4.78 is 11.1. The number of halogens is 1. The number of ether oxygens (including phenoxy) is 2. The number of hydrogen-bond donors (Lipinski definition) is 2. The summed E-state index contributed by atoms with van der Waals surface area (Å²) in [5, 5.41) is 6.46. The Labute approximate surface area is 143 Å². The lowest BCUT2D eigenvalue weighted by molar-refractivity contribution is -0.125. The van der Waals surface area contributed by atoms with Crippen LogP contribution >= 0.6 is 12.4 Å². The van der Waals surface area contributed by atoms with Crippen LogP contribution in [0.25, 0.3) is 0 Å². The molecule has 1 aromatic carbocycles. The highest BCUT2D eigenvalue weighted by Crippen LogP contribution is 2.35. The number of benzene rings is 1. The van der Waals surface area contributed by atoms with Crippen LogP contribution in [0.3, 0.4) is 0 Å². The molecule has 0 radical (unpaired) electrons.